The van der Waals surface area contributed by atoms with Gasteiger partial charge in [0.05, 0.1) is 0 Å². The van der Waals surface area contributed by atoms with Gasteiger partial charge in [0.1, 0.15) is 0 Å². The van der Waals surface area contributed by atoms with Gasteiger partial charge in [-0.15, -0.1) is 0 Å². The molecule has 0 aromatic heterocycles. The van der Waals surface area contributed by atoms with Crippen LogP contribution in [0.25, 0.3) is 22.3 Å². The molecule has 0 radical (unpaired) electrons. The number of fused-ring (bicyclic) bond motifs is 6. The van der Waals surface area contributed by atoms with Crippen LogP contribution in [0.2, 0.25) is 0 Å². The maximum absolute atomic E-state index is 6.57. The van der Waals surface area contributed by atoms with Gasteiger partial charge in [0.2, 0.25) is 0 Å². The molecule has 2 aliphatic rings. The molecule has 6 heteroatoms. The molecule has 0 fully saturated rings. The van der Waals surface area contributed by atoms with Crippen LogP contribution in [-0.4, -0.2) is 21.7 Å². The highest BCUT2D eigenvalue weighted by atomic mass is 16.6. The van der Waals surface area contributed by atoms with Crippen LogP contribution in [0.3, 0.4) is 0 Å². The summed E-state index contributed by atoms with van der Waals surface area (Å²) >= 11 is 0. The first-order valence-corrected chi connectivity index (χ1v) is 10.3. The summed E-state index contributed by atoms with van der Waals surface area (Å²) in [7, 11) is -0.296. The lowest BCUT2D eigenvalue weighted by Gasteiger charge is -2.32. The van der Waals surface area contributed by atoms with Crippen LogP contribution < -0.4 is 21.6 Å². The van der Waals surface area contributed by atoms with Crippen LogP contribution in [0.5, 0.6) is 0 Å². The predicted molar refractivity (Wildman–Crippen MR) is 127 cm³/mol. The van der Waals surface area contributed by atoms with E-state index in [1.54, 1.807) is 0 Å². The molecule has 4 aromatic rings. The molecule has 0 saturated carbocycles. The summed E-state index contributed by atoms with van der Waals surface area (Å²) in [6.45, 7) is 0. The fourth-order valence-electron chi connectivity index (χ4n) is 4.47. The fraction of sp³-hybridized carbons (Fsp3) is 0. The monoisotopic (exact) mass is 385 g/mol. The van der Waals surface area contributed by atoms with Crippen LogP contribution in [0.4, 0.5) is 5.69 Å². The largest absolute Gasteiger partial charge is 0.471 e. The number of hydrogen-bond donors (Lipinski definition) is 1. The van der Waals surface area contributed by atoms with Crippen molar-refractivity contribution in [1.82, 2.24) is 0 Å². The molecule has 30 heavy (non-hydrogen) atoms. The van der Waals surface area contributed by atoms with E-state index in [-0.39, 0.29) is 7.05 Å². The molecule has 4 aromatic carbocycles. The molecule has 2 bridgehead atoms. The highest BCUT2D eigenvalue weighted by Gasteiger charge is 2.36. The van der Waals surface area contributed by atoms with Crippen molar-refractivity contribution in [2.75, 3.05) is 5.23 Å². The van der Waals surface area contributed by atoms with Gasteiger partial charge in [-0.1, -0.05) is 97.1 Å². The average Bonchev–Trinajstić information content (AvgIpc) is 2.82. The summed E-state index contributed by atoms with van der Waals surface area (Å²) in [5.41, 5.74) is 9.16. The first-order valence-electron chi connectivity index (χ1n) is 10.3. The van der Waals surface area contributed by atoms with Gasteiger partial charge in [0.25, 0.3) is 7.48 Å². The molecule has 0 spiro atoms. The van der Waals surface area contributed by atoms with Crippen molar-refractivity contribution in [2.24, 2.45) is 0 Å². The third kappa shape index (κ3) is 2.88. The minimum Gasteiger partial charge on any atom is -0.471 e. The summed E-state index contributed by atoms with van der Waals surface area (Å²) in [4.78, 5) is 0. The van der Waals surface area contributed by atoms with E-state index in [0.29, 0.717) is 7.48 Å². The van der Waals surface area contributed by atoms with Crippen molar-refractivity contribution in [2.45, 2.75) is 0 Å². The van der Waals surface area contributed by atoms with E-state index in [1.165, 1.54) is 22.3 Å². The van der Waals surface area contributed by atoms with E-state index in [9.17, 15) is 0 Å². The van der Waals surface area contributed by atoms with Gasteiger partial charge in [-0.3, -0.25) is 0 Å². The summed E-state index contributed by atoms with van der Waals surface area (Å²) in [6.07, 6.45) is 0. The Labute approximate surface area is 177 Å². The van der Waals surface area contributed by atoms with E-state index >= 15 is 0 Å². The van der Waals surface area contributed by atoms with Gasteiger partial charge >= 0.3 is 14.2 Å². The van der Waals surface area contributed by atoms with Gasteiger partial charge < -0.3 is 14.4 Å². The normalized spacial score (nSPS) is 14.1. The van der Waals surface area contributed by atoms with Gasteiger partial charge in [-0.25, -0.2) is 0 Å². The number of para-hydroxylation sites is 1. The quantitative estimate of drug-likeness (QED) is 0.512. The average molecular weight is 385 g/mol. The predicted octanol–water partition coefficient (Wildman–Crippen LogP) is 2.56. The highest BCUT2D eigenvalue weighted by Crippen LogP contribution is 2.39. The van der Waals surface area contributed by atoms with E-state index in [0.717, 1.165) is 22.1 Å². The summed E-state index contributed by atoms with van der Waals surface area (Å²) in [5.74, 6) is 0. The van der Waals surface area contributed by atoms with Crippen LogP contribution >= 0.6 is 0 Å². The Morgan fingerprint density at radius 1 is 0.633 bits per heavy atom. The van der Waals surface area contributed by atoms with E-state index < -0.39 is 7.12 Å². The third-order valence-corrected chi connectivity index (χ3v) is 5.90. The van der Waals surface area contributed by atoms with Crippen molar-refractivity contribution in [3.8, 4) is 22.3 Å². The van der Waals surface area contributed by atoms with Crippen LogP contribution in [0.1, 0.15) is 0 Å². The van der Waals surface area contributed by atoms with Crippen molar-refractivity contribution in [1.29, 1.82) is 0 Å². The maximum Gasteiger partial charge on any atom is 0.464 e. The molecule has 0 amide bonds. The lowest BCUT2D eigenvalue weighted by atomic mass is 9.61. The lowest BCUT2D eigenvalue weighted by molar-refractivity contribution is 0.470. The molecule has 1 N–H and O–H groups in total. The Balaban J connectivity index is 1.58. The molecule has 0 saturated heterocycles. The SMILES string of the molecule is B1OB(c2ccccc2)OB2Nc3c(cccc3-c3ccccc32)-c2ccccc21. The van der Waals surface area contributed by atoms with Crippen molar-refractivity contribution >= 4 is 43.7 Å². The Morgan fingerprint density at radius 3 is 2.17 bits per heavy atom. The number of nitrogens with one attached hydrogen (secondary N) is 1. The van der Waals surface area contributed by atoms with Gasteiger partial charge in [-0.05, 0) is 27.5 Å². The highest BCUT2D eigenvalue weighted by molar-refractivity contribution is 6.83. The zero-order chi connectivity index (χ0) is 19.9. The second-order valence-electron chi connectivity index (χ2n) is 7.69. The Morgan fingerprint density at radius 2 is 1.30 bits per heavy atom. The van der Waals surface area contributed by atoms with E-state index in [2.05, 4.69) is 84.1 Å². The number of anilines is 1. The zero-order valence-corrected chi connectivity index (χ0v) is 16.4. The van der Waals surface area contributed by atoms with Crippen LogP contribution in [0, 0.1) is 0 Å². The van der Waals surface area contributed by atoms with E-state index in [1.807, 2.05) is 18.2 Å². The first kappa shape index (κ1) is 17.6. The molecule has 2 aliphatic heterocycles. The van der Waals surface area contributed by atoms with Gasteiger partial charge in [-0.2, -0.15) is 0 Å². The topological polar surface area (TPSA) is 30.5 Å². The maximum atomic E-state index is 6.57. The fourth-order valence-corrected chi connectivity index (χ4v) is 4.47. The second-order valence-corrected chi connectivity index (χ2v) is 7.69. The van der Waals surface area contributed by atoms with Crippen LogP contribution in [0.15, 0.2) is 97.1 Å². The molecule has 0 aliphatic carbocycles. The molecule has 6 rings (SSSR count). The van der Waals surface area contributed by atoms with Crippen molar-refractivity contribution in [3.05, 3.63) is 97.1 Å². The number of hydrogen-bond acceptors (Lipinski definition) is 3. The van der Waals surface area contributed by atoms with E-state index in [4.69, 9.17) is 9.14 Å². The second kappa shape index (κ2) is 7.24. The molecule has 0 atom stereocenters. The summed E-state index contributed by atoms with van der Waals surface area (Å²) < 4.78 is 12.9. The van der Waals surface area contributed by atoms with Crippen molar-refractivity contribution < 1.29 is 9.14 Å². The Hall–Kier alpha value is -3.21. The van der Waals surface area contributed by atoms with Gasteiger partial charge in [0, 0.05) is 16.8 Å². The van der Waals surface area contributed by atoms with Crippen LogP contribution in [-0.2, 0) is 9.14 Å². The molecular weight excluding hydrogens is 367 g/mol. The Kier molecular flexibility index (Phi) is 4.26. The van der Waals surface area contributed by atoms with Crippen molar-refractivity contribution in [3.63, 3.8) is 0 Å². The Bertz CT molecular complexity index is 1230. The smallest absolute Gasteiger partial charge is 0.464 e. The summed E-state index contributed by atoms with van der Waals surface area (Å²) in [6, 6.07) is 33.5. The summed E-state index contributed by atoms with van der Waals surface area (Å²) in [5, 5.41) is 3.68. The number of benzene rings is 4. The third-order valence-electron chi connectivity index (χ3n) is 5.90. The standard InChI is InChI=1S/C24H18B3NO2/c1-2-9-17(10-3-1)27-29-25-22-15-6-4-11-18(22)20-13-8-14-21-19-12-5-7-16-23(19)26(30-27)28-24(20)21/h1-16,25,28H. The molecule has 3 nitrogen and oxygen atoms in total. The first-order chi connectivity index (χ1) is 14.9. The number of rotatable bonds is 1. The van der Waals surface area contributed by atoms with Gasteiger partial charge in [0.15, 0.2) is 0 Å². The minimum absolute atomic E-state index is 0.301. The molecular formula is C24H18B3NO2. The molecule has 2 heterocycles. The molecule has 140 valence electrons. The lowest BCUT2D eigenvalue weighted by Crippen LogP contribution is -2.54. The zero-order valence-electron chi connectivity index (χ0n) is 16.4. The minimum atomic E-state index is -0.475. The molecule has 0 unspecified atom stereocenters.